The van der Waals surface area contributed by atoms with Crippen molar-refractivity contribution in [1.82, 2.24) is 5.01 Å². The number of benzene rings is 1. The maximum Gasteiger partial charge on any atom is 0.0442 e. The molecule has 0 saturated heterocycles. The topological polar surface area (TPSA) is 15.6 Å². The zero-order valence-corrected chi connectivity index (χ0v) is 14.2. The highest BCUT2D eigenvalue weighted by atomic mass is 15.4. The Morgan fingerprint density at radius 2 is 1.91 bits per heavy atom. The van der Waals surface area contributed by atoms with Gasteiger partial charge < -0.3 is 5.01 Å². The van der Waals surface area contributed by atoms with E-state index in [2.05, 4.69) is 45.3 Å². The standard InChI is InChI=1S/C20H28N2/c1-20-13-12-16-15-7-5-4-6-14(15)8-9-17(16)18(20)10-11-19(20)21-22(2)3/h4-7,16-18H,8-13H2,1-3H3/t16-,17-,18+,20+/m1/s1. The summed E-state index contributed by atoms with van der Waals surface area (Å²) >= 11 is 0. The van der Waals surface area contributed by atoms with Crippen molar-refractivity contribution >= 4 is 5.71 Å². The normalized spacial score (nSPS) is 38.3. The lowest BCUT2D eigenvalue weighted by Gasteiger charge is -2.49. The van der Waals surface area contributed by atoms with E-state index in [0.717, 1.165) is 17.8 Å². The minimum atomic E-state index is 0.359. The molecule has 2 saturated carbocycles. The highest BCUT2D eigenvalue weighted by molar-refractivity contribution is 5.92. The van der Waals surface area contributed by atoms with Crippen molar-refractivity contribution in [2.75, 3.05) is 14.1 Å². The molecule has 0 N–H and O–H groups in total. The van der Waals surface area contributed by atoms with Crippen molar-refractivity contribution < 1.29 is 0 Å². The predicted octanol–water partition coefficient (Wildman–Crippen LogP) is 4.46. The molecule has 0 unspecified atom stereocenters. The minimum absolute atomic E-state index is 0.359. The van der Waals surface area contributed by atoms with Crippen LogP contribution in [0.15, 0.2) is 29.4 Å². The Balaban J connectivity index is 1.68. The third-order valence-corrected chi connectivity index (χ3v) is 6.70. The maximum atomic E-state index is 4.86. The van der Waals surface area contributed by atoms with E-state index in [1.54, 1.807) is 11.1 Å². The summed E-state index contributed by atoms with van der Waals surface area (Å²) in [7, 11) is 4.12. The van der Waals surface area contributed by atoms with Gasteiger partial charge in [0.25, 0.3) is 0 Å². The lowest BCUT2D eigenvalue weighted by Crippen LogP contribution is -2.42. The Labute approximate surface area is 134 Å². The second kappa shape index (κ2) is 5.11. The zero-order chi connectivity index (χ0) is 15.3. The third-order valence-electron chi connectivity index (χ3n) is 6.70. The Bertz CT molecular complexity index is 603. The summed E-state index contributed by atoms with van der Waals surface area (Å²) in [6.45, 7) is 2.50. The van der Waals surface area contributed by atoms with Crippen molar-refractivity contribution in [3.8, 4) is 0 Å². The van der Waals surface area contributed by atoms with Gasteiger partial charge in [0.05, 0.1) is 0 Å². The molecule has 3 aliphatic carbocycles. The van der Waals surface area contributed by atoms with Gasteiger partial charge in [-0.15, -0.1) is 0 Å². The fourth-order valence-corrected chi connectivity index (χ4v) is 5.72. The van der Waals surface area contributed by atoms with Crippen LogP contribution in [0.1, 0.15) is 56.1 Å². The number of fused-ring (bicyclic) bond motifs is 5. The van der Waals surface area contributed by atoms with Gasteiger partial charge in [0.2, 0.25) is 0 Å². The summed E-state index contributed by atoms with van der Waals surface area (Å²) in [5.74, 6) is 2.53. The molecule has 2 fully saturated rings. The smallest absolute Gasteiger partial charge is 0.0442 e. The van der Waals surface area contributed by atoms with Gasteiger partial charge in [0, 0.05) is 25.2 Å². The molecular weight excluding hydrogens is 268 g/mol. The van der Waals surface area contributed by atoms with Crippen LogP contribution in [0, 0.1) is 17.3 Å². The molecule has 22 heavy (non-hydrogen) atoms. The zero-order valence-electron chi connectivity index (χ0n) is 14.2. The summed E-state index contributed by atoms with van der Waals surface area (Å²) in [4.78, 5) is 0. The predicted molar refractivity (Wildman–Crippen MR) is 92.2 cm³/mol. The molecule has 0 spiro atoms. The highest BCUT2D eigenvalue weighted by Crippen LogP contribution is 2.59. The summed E-state index contributed by atoms with van der Waals surface area (Å²) < 4.78 is 0. The first kappa shape index (κ1) is 14.3. The lowest BCUT2D eigenvalue weighted by atomic mass is 9.55. The number of hydrazone groups is 1. The van der Waals surface area contributed by atoms with Crippen molar-refractivity contribution in [2.24, 2.45) is 22.4 Å². The molecule has 4 rings (SSSR count). The maximum absolute atomic E-state index is 4.86. The van der Waals surface area contributed by atoms with Gasteiger partial charge in [0.15, 0.2) is 0 Å². The van der Waals surface area contributed by atoms with Gasteiger partial charge in [-0.3, -0.25) is 0 Å². The van der Waals surface area contributed by atoms with Gasteiger partial charge >= 0.3 is 0 Å². The fraction of sp³-hybridized carbons (Fsp3) is 0.650. The minimum Gasteiger partial charge on any atom is -0.303 e. The number of aryl methyl sites for hydroxylation is 1. The molecule has 0 amide bonds. The van der Waals surface area contributed by atoms with Crippen LogP contribution >= 0.6 is 0 Å². The molecule has 0 heterocycles. The largest absolute Gasteiger partial charge is 0.303 e. The average Bonchev–Trinajstić information content (AvgIpc) is 2.83. The summed E-state index contributed by atoms with van der Waals surface area (Å²) in [5, 5.41) is 6.87. The van der Waals surface area contributed by atoms with E-state index in [1.165, 1.54) is 44.2 Å². The molecule has 2 heteroatoms. The van der Waals surface area contributed by atoms with Crippen molar-refractivity contribution in [1.29, 1.82) is 0 Å². The van der Waals surface area contributed by atoms with Crippen LogP contribution in [0.5, 0.6) is 0 Å². The molecule has 118 valence electrons. The molecule has 0 aliphatic heterocycles. The Kier molecular flexibility index (Phi) is 3.32. The van der Waals surface area contributed by atoms with E-state index < -0.39 is 0 Å². The molecule has 0 aromatic heterocycles. The van der Waals surface area contributed by atoms with Crippen LogP contribution < -0.4 is 0 Å². The molecule has 0 bridgehead atoms. The van der Waals surface area contributed by atoms with Gasteiger partial charge in [-0.1, -0.05) is 31.2 Å². The van der Waals surface area contributed by atoms with E-state index in [1.807, 2.05) is 5.01 Å². The van der Waals surface area contributed by atoms with Crippen LogP contribution in [-0.4, -0.2) is 24.8 Å². The second-order valence-electron chi connectivity index (χ2n) is 8.00. The number of rotatable bonds is 1. The van der Waals surface area contributed by atoms with Crippen LogP contribution in [0.2, 0.25) is 0 Å². The average molecular weight is 296 g/mol. The summed E-state index contributed by atoms with van der Waals surface area (Å²) in [5.41, 5.74) is 5.11. The number of nitrogens with zero attached hydrogens (tertiary/aromatic N) is 2. The van der Waals surface area contributed by atoms with Crippen molar-refractivity contribution in [3.05, 3.63) is 35.4 Å². The lowest BCUT2D eigenvalue weighted by molar-refractivity contribution is 0.0948. The van der Waals surface area contributed by atoms with Gasteiger partial charge in [-0.2, -0.15) is 5.10 Å². The second-order valence-corrected chi connectivity index (χ2v) is 8.00. The first-order valence-corrected chi connectivity index (χ1v) is 8.92. The molecular formula is C20H28N2. The summed E-state index contributed by atoms with van der Waals surface area (Å²) in [6.07, 6.45) is 7.90. The third kappa shape index (κ3) is 2.03. The first-order valence-electron chi connectivity index (χ1n) is 8.92. The Morgan fingerprint density at radius 1 is 1.09 bits per heavy atom. The molecule has 0 radical (unpaired) electrons. The molecule has 2 nitrogen and oxygen atoms in total. The Hall–Kier alpha value is -1.31. The van der Waals surface area contributed by atoms with Gasteiger partial charge in [-0.25, -0.2) is 0 Å². The van der Waals surface area contributed by atoms with Crippen LogP contribution in [0.25, 0.3) is 0 Å². The molecule has 1 aromatic carbocycles. The first-order chi connectivity index (χ1) is 10.6. The fourth-order valence-electron chi connectivity index (χ4n) is 5.72. The van der Waals surface area contributed by atoms with E-state index in [9.17, 15) is 0 Å². The van der Waals surface area contributed by atoms with Crippen molar-refractivity contribution in [3.63, 3.8) is 0 Å². The molecule has 1 aromatic rings. The molecule has 3 aliphatic rings. The van der Waals surface area contributed by atoms with E-state index in [4.69, 9.17) is 5.10 Å². The number of hydrogen-bond donors (Lipinski definition) is 0. The monoisotopic (exact) mass is 296 g/mol. The van der Waals surface area contributed by atoms with Crippen molar-refractivity contribution in [2.45, 2.75) is 51.4 Å². The van der Waals surface area contributed by atoms with Crippen LogP contribution in [-0.2, 0) is 6.42 Å². The summed E-state index contributed by atoms with van der Waals surface area (Å²) in [6, 6.07) is 9.21. The van der Waals surface area contributed by atoms with Gasteiger partial charge in [-0.05, 0) is 67.4 Å². The van der Waals surface area contributed by atoms with E-state index in [0.29, 0.717) is 5.41 Å². The Morgan fingerprint density at radius 3 is 2.73 bits per heavy atom. The quantitative estimate of drug-likeness (QED) is 0.699. The highest BCUT2D eigenvalue weighted by Gasteiger charge is 2.53. The number of hydrogen-bond acceptors (Lipinski definition) is 2. The molecule has 4 atom stereocenters. The van der Waals surface area contributed by atoms with Gasteiger partial charge in [0.1, 0.15) is 0 Å². The SMILES string of the molecule is CN(C)N=C1CC[C@H]2[C@@H]3CCc4ccccc4[C@H]3CC[C@]12C. The van der Waals surface area contributed by atoms with Crippen LogP contribution in [0.3, 0.4) is 0 Å². The van der Waals surface area contributed by atoms with E-state index in [-0.39, 0.29) is 0 Å². The van der Waals surface area contributed by atoms with E-state index >= 15 is 0 Å². The van der Waals surface area contributed by atoms with Crippen LogP contribution in [0.4, 0.5) is 0 Å².